The van der Waals surface area contributed by atoms with Crippen LogP contribution in [0, 0.1) is 0 Å². The Morgan fingerprint density at radius 2 is 2.13 bits per heavy atom. The molecule has 0 atom stereocenters. The van der Waals surface area contributed by atoms with Gasteiger partial charge in [0.2, 0.25) is 0 Å². The van der Waals surface area contributed by atoms with Gasteiger partial charge >= 0.3 is 5.97 Å². The molecule has 0 fully saturated rings. The fourth-order valence-electron chi connectivity index (χ4n) is 1.36. The Hall–Kier alpha value is -1.87. The lowest BCUT2D eigenvalue weighted by atomic mass is 9.99. The van der Waals surface area contributed by atoms with Crippen LogP contribution >= 0.6 is 0 Å². The van der Waals surface area contributed by atoms with Crippen molar-refractivity contribution in [1.29, 1.82) is 0 Å². The van der Waals surface area contributed by atoms with E-state index in [0.717, 1.165) is 5.56 Å². The molecule has 0 amide bonds. The van der Waals surface area contributed by atoms with Crippen molar-refractivity contribution in [3.05, 3.63) is 54.1 Å². The molecule has 0 aromatic heterocycles. The first-order valence-corrected chi connectivity index (χ1v) is 4.55. The summed E-state index contributed by atoms with van der Waals surface area (Å²) >= 11 is 0. The molecule has 0 aliphatic rings. The Morgan fingerprint density at radius 1 is 1.47 bits per heavy atom. The van der Waals surface area contributed by atoms with E-state index in [0.29, 0.717) is 12.1 Å². The number of carboxylic acid groups (broad SMARTS) is 1. The topological polar surface area (TPSA) is 63.3 Å². The zero-order chi connectivity index (χ0) is 11.3. The molecule has 0 spiro atoms. The molecule has 0 aliphatic carbocycles. The molecule has 3 heteroatoms. The van der Waals surface area contributed by atoms with Crippen molar-refractivity contribution in [3.63, 3.8) is 0 Å². The van der Waals surface area contributed by atoms with Crippen LogP contribution in [0.3, 0.4) is 0 Å². The summed E-state index contributed by atoms with van der Waals surface area (Å²) in [6.07, 6.45) is 2.92. The Balaban J connectivity index is 3.28. The molecule has 0 radical (unpaired) electrons. The fraction of sp³-hybridized carbons (Fsp3) is 0.0833. The highest BCUT2D eigenvalue weighted by Gasteiger charge is 2.12. The standard InChI is InChI=1S/C12H13NO2/c1-2-5-11(12(14)15)10-7-4-3-6-9(10)8-13/h2-7H,1,8,13H2,(H,14,15). The maximum absolute atomic E-state index is 11.0. The third kappa shape index (κ3) is 2.54. The molecule has 1 rings (SSSR count). The van der Waals surface area contributed by atoms with Gasteiger partial charge in [-0.2, -0.15) is 0 Å². The van der Waals surface area contributed by atoms with E-state index in [-0.39, 0.29) is 5.57 Å². The second kappa shape index (κ2) is 5.12. The van der Waals surface area contributed by atoms with Gasteiger partial charge in [-0.15, -0.1) is 0 Å². The van der Waals surface area contributed by atoms with Crippen molar-refractivity contribution in [2.45, 2.75) is 6.54 Å². The molecule has 1 aromatic carbocycles. The van der Waals surface area contributed by atoms with E-state index >= 15 is 0 Å². The summed E-state index contributed by atoms with van der Waals surface area (Å²) in [6, 6.07) is 7.17. The third-order valence-corrected chi connectivity index (χ3v) is 2.04. The van der Waals surface area contributed by atoms with E-state index in [1.807, 2.05) is 12.1 Å². The summed E-state index contributed by atoms with van der Waals surface area (Å²) in [6.45, 7) is 3.81. The van der Waals surface area contributed by atoms with E-state index in [2.05, 4.69) is 6.58 Å². The SMILES string of the molecule is C=CC=C(C(=O)O)c1ccccc1CN. The number of rotatable bonds is 4. The fourth-order valence-corrected chi connectivity index (χ4v) is 1.36. The third-order valence-electron chi connectivity index (χ3n) is 2.04. The highest BCUT2D eigenvalue weighted by Crippen LogP contribution is 2.19. The molecule has 0 bridgehead atoms. The molecule has 0 saturated heterocycles. The van der Waals surface area contributed by atoms with E-state index in [4.69, 9.17) is 10.8 Å². The quantitative estimate of drug-likeness (QED) is 0.579. The van der Waals surface area contributed by atoms with E-state index in [1.54, 1.807) is 12.1 Å². The molecule has 0 unspecified atom stereocenters. The van der Waals surface area contributed by atoms with Crippen LogP contribution in [-0.2, 0) is 11.3 Å². The van der Waals surface area contributed by atoms with Gasteiger partial charge in [0.1, 0.15) is 0 Å². The van der Waals surface area contributed by atoms with Crippen LogP contribution < -0.4 is 5.73 Å². The van der Waals surface area contributed by atoms with E-state index < -0.39 is 5.97 Å². The van der Waals surface area contributed by atoms with Crippen molar-refractivity contribution in [2.24, 2.45) is 5.73 Å². The molecule has 0 aliphatic heterocycles. The number of hydrogen-bond acceptors (Lipinski definition) is 2. The average Bonchev–Trinajstić information content (AvgIpc) is 2.25. The summed E-state index contributed by atoms with van der Waals surface area (Å²) in [4.78, 5) is 11.0. The van der Waals surface area contributed by atoms with Gasteiger partial charge < -0.3 is 10.8 Å². The minimum absolute atomic E-state index is 0.214. The molecular weight excluding hydrogens is 190 g/mol. The first kappa shape index (κ1) is 11.2. The van der Waals surface area contributed by atoms with Gasteiger partial charge in [-0.1, -0.05) is 36.9 Å². The minimum Gasteiger partial charge on any atom is -0.478 e. The number of carbonyl (C=O) groups is 1. The van der Waals surface area contributed by atoms with E-state index in [1.165, 1.54) is 12.2 Å². The predicted molar refractivity (Wildman–Crippen MR) is 60.1 cm³/mol. The number of nitrogens with two attached hydrogens (primary N) is 1. The van der Waals surface area contributed by atoms with Crippen LogP contribution in [-0.4, -0.2) is 11.1 Å². The van der Waals surface area contributed by atoms with Crippen LogP contribution in [0.1, 0.15) is 11.1 Å². The molecule has 0 heterocycles. The zero-order valence-electron chi connectivity index (χ0n) is 8.31. The smallest absolute Gasteiger partial charge is 0.336 e. The lowest BCUT2D eigenvalue weighted by Gasteiger charge is -2.07. The first-order chi connectivity index (χ1) is 7.20. The van der Waals surface area contributed by atoms with Gasteiger partial charge in [0, 0.05) is 6.54 Å². The van der Waals surface area contributed by atoms with Gasteiger partial charge in [0.05, 0.1) is 5.57 Å². The molecule has 0 saturated carbocycles. The highest BCUT2D eigenvalue weighted by molar-refractivity contribution is 6.16. The minimum atomic E-state index is -0.976. The van der Waals surface area contributed by atoms with Crippen LogP contribution in [0.25, 0.3) is 5.57 Å². The maximum atomic E-state index is 11.0. The van der Waals surface area contributed by atoms with Crippen LogP contribution in [0.4, 0.5) is 0 Å². The van der Waals surface area contributed by atoms with Crippen molar-refractivity contribution in [2.75, 3.05) is 0 Å². The number of hydrogen-bond donors (Lipinski definition) is 2. The average molecular weight is 203 g/mol. The van der Waals surface area contributed by atoms with Gasteiger partial charge in [0.25, 0.3) is 0 Å². The molecular formula is C12H13NO2. The number of benzene rings is 1. The van der Waals surface area contributed by atoms with Crippen LogP contribution in [0.2, 0.25) is 0 Å². The Bertz CT molecular complexity index is 408. The molecule has 1 aromatic rings. The molecule has 15 heavy (non-hydrogen) atoms. The zero-order valence-corrected chi connectivity index (χ0v) is 8.31. The first-order valence-electron chi connectivity index (χ1n) is 4.55. The summed E-state index contributed by atoms with van der Waals surface area (Å²) in [7, 11) is 0. The number of aliphatic carboxylic acids is 1. The summed E-state index contributed by atoms with van der Waals surface area (Å²) < 4.78 is 0. The summed E-state index contributed by atoms with van der Waals surface area (Å²) in [5, 5.41) is 9.02. The summed E-state index contributed by atoms with van der Waals surface area (Å²) in [5.74, 6) is -0.976. The second-order valence-electron chi connectivity index (χ2n) is 2.98. The normalized spacial score (nSPS) is 11.1. The summed E-state index contributed by atoms with van der Waals surface area (Å²) in [5.41, 5.74) is 7.21. The van der Waals surface area contributed by atoms with Gasteiger partial charge in [-0.3, -0.25) is 0 Å². The lowest BCUT2D eigenvalue weighted by molar-refractivity contribution is -0.130. The van der Waals surface area contributed by atoms with Crippen LogP contribution in [0.5, 0.6) is 0 Å². The number of carboxylic acids is 1. The van der Waals surface area contributed by atoms with Crippen molar-refractivity contribution >= 4 is 11.5 Å². The molecule has 78 valence electrons. The Morgan fingerprint density at radius 3 is 2.67 bits per heavy atom. The second-order valence-corrected chi connectivity index (χ2v) is 2.98. The van der Waals surface area contributed by atoms with Crippen molar-refractivity contribution < 1.29 is 9.90 Å². The monoisotopic (exact) mass is 203 g/mol. The molecule has 3 N–H and O–H groups in total. The Labute approximate surface area is 88.5 Å². The van der Waals surface area contributed by atoms with Crippen molar-refractivity contribution in [3.8, 4) is 0 Å². The maximum Gasteiger partial charge on any atom is 0.336 e. The van der Waals surface area contributed by atoms with Gasteiger partial charge in [-0.05, 0) is 17.2 Å². The van der Waals surface area contributed by atoms with Gasteiger partial charge in [-0.25, -0.2) is 4.79 Å². The van der Waals surface area contributed by atoms with Gasteiger partial charge in [0.15, 0.2) is 0 Å². The largest absolute Gasteiger partial charge is 0.478 e. The van der Waals surface area contributed by atoms with E-state index in [9.17, 15) is 4.79 Å². The lowest BCUT2D eigenvalue weighted by Crippen LogP contribution is -2.06. The van der Waals surface area contributed by atoms with Crippen molar-refractivity contribution in [1.82, 2.24) is 0 Å². The predicted octanol–water partition coefficient (Wildman–Crippen LogP) is 1.80. The number of allylic oxidation sites excluding steroid dienone is 2. The highest BCUT2D eigenvalue weighted by atomic mass is 16.4. The molecule has 3 nitrogen and oxygen atoms in total. The van der Waals surface area contributed by atoms with Crippen LogP contribution in [0.15, 0.2) is 43.0 Å². The Kier molecular flexibility index (Phi) is 3.83.